The monoisotopic (exact) mass is 461 g/mol. The molecule has 0 aliphatic rings. The number of pyridine rings is 1. The molecule has 0 N–H and O–H groups in total. The van der Waals surface area contributed by atoms with Crippen LogP contribution in [0.5, 0.6) is 0 Å². The van der Waals surface area contributed by atoms with E-state index in [1.807, 2.05) is 0 Å². The summed E-state index contributed by atoms with van der Waals surface area (Å²) in [6, 6.07) is 46.6. The van der Waals surface area contributed by atoms with Crippen molar-refractivity contribution >= 4 is 16.3 Å². The average molecular weight is 462 g/mol. The molecule has 0 bridgehead atoms. The molecule has 2 nitrogen and oxygen atoms in total. The van der Waals surface area contributed by atoms with Gasteiger partial charge in [0, 0.05) is 33.6 Å². The molecule has 36 heavy (non-hydrogen) atoms. The second-order valence-corrected chi connectivity index (χ2v) is 8.99. The summed E-state index contributed by atoms with van der Waals surface area (Å²) in [7, 11) is 0. The number of hydrogen-bond donors (Lipinski definition) is 0. The van der Waals surface area contributed by atoms with Crippen LogP contribution in [0, 0.1) is 0 Å². The van der Waals surface area contributed by atoms with E-state index in [0.29, 0.717) is 0 Å². The van der Waals surface area contributed by atoms with E-state index in [2.05, 4.69) is 144 Å². The van der Waals surface area contributed by atoms with Crippen molar-refractivity contribution in [3.05, 3.63) is 140 Å². The second kappa shape index (κ2) is 8.44. The fraction of sp³-hybridized carbons (Fsp3) is 0. The van der Waals surface area contributed by atoms with Gasteiger partial charge in [-0.15, -0.1) is 0 Å². The van der Waals surface area contributed by atoms with Crippen molar-refractivity contribution in [2.75, 3.05) is 0 Å². The quantitative estimate of drug-likeness (QED) is 0.255. The van der Waals surface area contributed by atoms with Crippen molar-refractivity contribution in [1.29, 1.82) is 0 Å². The lowest BCUT2D eigenvalue weighted by atomic mass is 9.96. The highest BCUT2D eigenvalue weighted by Gasteiger charge is 2.23. The number of furan rings is 1. The highest BCUT2D eigenvalue weighted by Crippen LogP contribution is 2.45. The number of hydrogen-bond acceptors (Lipinski definition) is 1. The largest absolute Gasteiger partial charge is 0.455 e. The molecule has 0 radical (unpaired) electrons. The molecular formula is C34H23NO. The third-order valence-electron chi connectivity index (χ3n) is 6.85. The third kappa shape index (κ3) is 3.27. The fourth-order valence-corrected chi connectivity index (χ4v) is 5.23. The zero-order chi connectivity index (χ0) is 23.9. The van der Waals surface area contributed by atoms with Crippen LogP contribution in [0.25, 0.3) is 61.3 Å². The summed E-state index contributed by atoms with van der Waals surface area (Å²) >= 11 is 0. The zero-order valence-electron chi connectivity index (χ0n) is 19.6. The number of benzene rings is 4. The van der Waals surface area contributed by atoms with E-state index in [1.165, 1.54) is 5.56 Å². The van der Waals surface area contributed by atoms with Crippen LogP contribution in [0.15, 0.2) is 144 Å². The van der Waals surface area contributed by atoms with Gasteiger partial charge in [0.1, 0.15) is 11.5 Å². The van der Waals surface area contributed by atoms with Crippen LogP contribution in [0.1, 0.15) is 0 Å². The predicted molar refractivity (Wildman–Crippen MR) is 149 cm³/mol. The predicted octanol–water partition coefficient (Wildman–Crippen LogP) is 9.35. The molecule has 0 aliphatic carbocycles. The molecule has 0 aliphatic heterocycles. The first-order valence-electron chi connectivity index (χ1n) is 12.2. The molecule has 0 saturated carbocycles. The lowest BCUT2D eigenvalue weighted by molar-refractivity contribution is 0.602. The second-order valence-electron chi connectivity index (χ2n) is 8.99. The molecular weight excluding hydrogens is 438 g/mol. The lowest BCUT2D eigenvalue weighted by Crippen LogP contribution is -1.88. The van der Waals surface area contributed by atoms with Gasteiger partial charge in [0.05, 0.1) is 5.69 Å². The van der Waals surface area contributed by atoms with Crippen LogP contribution in [0.3, 0.4) is 0 Å². The maximum atomic E-state index is 6.88. The SMILES string of the molecule is c1ccc(-c2ccccc2-c2oc(-c3cc4ccccn4c3-c3ccccc3)c3ccccc23)cc1. The highest BCUT2D eigenvalue weighted by molar-refractivity contribution is 6.06. The van der Waals surface area contributed by atoms with Crippen LogP contribution in [0.2, 0.25) is 0 Å². The van der Waals surface area contributed by atoms with Gasteiger partial charge in [0.15, 0.2) is 0 Å². The Hall–Kier alpha value is -4.82. The van der Waals surface area contributed by atoms with Crippen molar-refractivity contribution in [3.63, 3.8) is 0 Å². The van der Waals surface area contributed by atoms with E-state index in [9.17, 15) is 0 Å². The van der Waals surface area contributed by atoms with E-state index in [1.54, 1.807) is 0 Å². The van der Waals surface area contributed by atoms with Gasteiger partial charge >= 0.3 is 0 Å². The number of nitrogens with zero attached hydrogens (tertiary/aromatic N) is 1. The van der Waals surface area contributed by atoms with Gasteiger partial charge in [-0.05, 0) is 34.9 Å². The first kappa shape index (κ1) is 20.5. The van der Waals surface area contributed by atoms with Crippen molar-refractivity contribution in [2.45, 2.75) is 0 Å². The minimum absolute atomic E-state index is 0.894. The number of rotatable bonds is 4. The van der Waals surface area contributed by atoms with Crippen LogP contribution in [-0.2, 0) is 0 Å². The summed E-state index contributed by atoms with van der Waals surface area (Å²) in [6.07, 6.45) is 2.12. The minimum Gasteiger partial charge on any atom is -0.455 e. The van der Waals surface area contributed by atoms with Crippen LogP contribution >= 0.6 is 0 Å². The Morgan fingerprint density at radius 1 is 0.444 bits per heavy atom. The first-order chi connectivity index (χ1) is 17.9. The minimum atomic E-state index is 0.894. The van der Waals surface area contributed by atoms with Gasteiger partial charge < -0.3 is 8.82 Å². The van der Waals surface area contributed by atoms with Gasteiger partial charge in [0.2, 0.25) is 0 Å². The van der Waals surface area contributed by atoms with Crippen molar-refractivity contribution < 1.29 is 4.42 Å². The van der Waals surface area contributed by atoms with Crippen molar-refractivity contribution in [3.8, 4) is 45.0 Å². The van der Waals surface area contributed by atoms with E-state index < -0.39 is 0 Å². The smallest absolute Gasteiger partial charge is 0.144 e. The zero-order valence-corrected chi connectivity index (χ0v) is 19.6. The summed E-state index contributed by atoms with van der Waals surface area (Å²) in [5.41, 5.74) is 7.95. The Labute approximate surface area is 209 Å². The Bertz CT molecular complexity index is 1820. The summed E-state index contributed by atoms with van der Waals surface area (Å²) in [4.78, 5) is 0. The first-order valence-corrected chi connectivity index (χ1v) is 12.2. The molecule has 170 valence electrons. The van der Waals surface area contributed by atoms with E-state index >= 15 is 0 Å². The maximum Gasteiger partial charge on any atom is 0.144 e. The molecule has 0 amide bonds. The van der Waals surface area contributed by atoms with E-state index in [-0.39, 0.29) is 0 Å². The Kier molecular flexibility index (Phi) is 4.82. The normalized spacial score (nSPS) is 11.3. The molecule has 3 heterocycles. The third-order valence-corrected chi connectivity index (χ3v) is 6.85. The fourth-order valence-electron chi connectivity index (χ4n) is 5.23. The number of fused-ring (bicyclic) bond motifs is 2. The molecule has 0 atom stereocenters. The topological polar surface area (TPSA) is 17.6 Å². The molecule has 3 aromatic heterocycles. The van der Waals surface area contributed by atoms with Crippen molar-refractivity contribution in [1.82, 2.24) is 4.40 Å². The van der Waals surface area contributed by atoms with Crippen LogP contribution < -0.4 is 0 Å². The highest BCUT2D eigenvalue weighted by atomic mass is 16.3. The Balaban J connectivity index is 1.53. The van der Waals surface area contributed by atoms with E-state index in [4.69, 9.17) is 4.42 Å². The Morgan fingerprint density at radius 2 is 1.00 bits per heavy atom. The molecule has 0 saturated heterocycles. The molecule has 7 aromatic rings. The lowest BCUT2D eigenvalue weighted by Gasteiger charge is -2.08. The standard InChI is InChI=1S/C34H23NO/c1-3-13-24(14-4-1)27-18-7-8-19-28(27)33-29-20-9-10-21-30(29)34(36-33)31-23-26-17-11-12-22-35(26)32(31)25-15-5-2-6-16-25/h1-23H. The molecule has 0 fully saturated rings. The Morgan fingerprint density at radius 3 is 1.72 bits per heavy atom. The van der Waals surface area contributed by atoms with Gasteiger partial charge in [-0.2, -0.15) is 0 Å². The molecule has 4 aromatic carbocycles. The van der Waals surface area contributed by atoms with E-state index in [0.717, 1.165) is 55.8 Å². The summed E-state index contributed by atoms with van der Waals surface area (Å²) in [5.74, 6) is 1.79. The number of aromatic nitrogens is 1. The summed E-state index contributed by atoms with van der Waals surface area (Å²) in [5, 5.41) is 2.23. The molecule has 0 unspecified atom stereocenters. The van der Waals surface area contributed by atoms with Gasteiger partial charge in [-0.3, -0.25) is 0 Å². The van der Waals surface area contributed by atoms with Gasteiger partial charge in [-0.1, -0.05) is 115 Å². The average Bonchev–Trinajstić information content (AvgIpc) is 3.53. The maximum absolute atomic E-state index is 6.88. The molecule has 7 rings (SSSR count). The molecule has 0 spiro atoms. The van der Waals surface area contributed by atoms with Crippen LogP contribution in [0.4, 0.5) is 0 Å². The van der Waals surface area contributed by atoms with Gasteiger partial charge in [-0.25, -0.2) is 0 Å². The van der Waals surface area contributed by atoms with Crippen molar-refractivity contribution in [2.24, 2.45) is 0 Å². The molecule has 2 heteroatoms. The summed E-state index contributed by atoms with van der Waals surface area (Å²) < 4.78 is 9.13. The summed E-state index contributed by atoms with van der Waals surface area (Å²) in [6.45, 7) is 0. The van der Waals surface area contributed by atoms with Crippen LogP contribution in [-0.4, -0.2) is 4.40 Å². The van der Waals surface area contributed by atoms with Gasteiger partial charge in [0.25, 0.3) is 0 Å².